The number of carboxylic acid groups (broad SMARTS) is 1. The largest absolute Gasteiger partial charge is 0.478 e. The number of aromatic nitrogens is 2. The van der Waals surface area contributed by atoms with Gasteiger partial charge in [0.05, 0.1) is 16.8 Å². The second-order valence-corrected chi connectivity index (χ2v) is 6.80. The average molecular weight is 389 g/mol. The molecule has 29 heavy (non-hydrogen) atoms. The molecule has 0 saturated heterocycles. The molecule has 1 heterocycles. The Morgan fingerprint density at radius 1 is 1.00 bits per heavy atom. The first-order valence-electron chi connectivity index (χ1n) is 9.15. The fourth-order valence-corrected chi connectivity index (χ4v) is 2.96. The minimum Gasteiger partial charge on any atom is -0.478 e. The van der Waals surface area contributed by atoms with Crippen LogP contribution in [-0.2, 0) is 4.79 Å². The number of rotatable bonds is 6. The van der Waals surface area contributed by atoms with Crippen molar-refractivity contribution in [2.45, 2.75) is 13.8 Å². The smallest absolute Gasteiger partial charge is 0.338 e. The van der Waals surface area contributed by atoms with Gasteiger partial charge in [-0.05, 0) is 37.1 Å². The molecule has 0 aliphatic rings. The number of hydrogen-bond acceptors (Lipinski definition) is 5. The Morgan fingerprint density at radius 3 is 2.34 bits per heavy atom. The van der Waals surface area contributed by atoms with Crippen molar-refractivity contribution < 1.29 is 14.6 Å². The highest BCUT2D eigenvalue weighted by molar-refractivity contribution is 6.17. The van der Waals surface area contributed by atoms with E-state index in [4.69, 9.17) is 4.74 Å². The van der Waals surface area contributed by atoms with E-state index < -0.39 is 5.97 Å². The van der Waals surface area contributed by atoms with Gasteiger partial charge in [0.1, 0.15) is 12.1 Å². The van der Waals surface area contributed by atoms with Crippen LogP contribution in [-0.4, -0.2) is 40.0 Å². The van der Waals surface area contributed by atoms with Crippen LogP contribution in [0.5, 0.6) is 11.6 Å². The van der Waals surface area contributed by atoms with Gasteiger partial charge in [0.25, 0.3) is 0 Å². The summed E-state index contributed by atoms with van der Waals surface area (Å²) in [6.45, 7) is 3.49. The van der Waals surface area contributed by atoms with Crippen molar-refractivity contribution >= 4 is 11.5 Å². The maximum atomic E-state index is 12.0. The molecule has 0 unspecified atom stereocenters. The number of benzene rings is 2. The van der Waals surface area contributed by atoms with Gasteiger partial charge < -0.3 is 14.7 Å². The van der Waals surface area contributed by atoms with E-state index in [2.05, 4.69) is 9.97 Å². The van der Waals surface area contributed by atoms with E-state index in [9.17, 15) is 9.90 Å². The van der Waals surface area contributed by atoms with E-state index in [0.717, 1.165) is 11.1 Å². The lowest BCUT2D eigenvalue weighted by atomic mass is 10.0. The number of carboxylic acids is 1. The molecule has 0 fully saturated rings. The van der Waals surface area contributed by atoms with Crippen LogP contribution >= 0.6 is 0 Å². The standard InChI is InChI=1S/C23H23N3O3/c1-15-20(21(23(27)28)16(2)26(3)4)22(25-14-24-15)29-19-12-8-11-18(13-19)17-9-6-5-7-10-17/h5-14H,1-4H3,(H,27,28). The third kappa shape index (κ3) is 4.43. The number of nitrogens with zero attached hydrogens (tertiary/aromatic N) is 3. The van der Waals surface area contributed by atoms with Gasteiger partial charge in [0.2, 0.25) is 5.88 Å². The van der Waals surface area contributed by atoms with Gasteiger partial charge in [-0.25, -0.2) is 14.8 Å². The van der Waals surface area contributed by atoms with Gasteiger partial charge in [-0.3, -0.25) is 0 Å². The van der Waals surface area contributed by atoms with Crippen molar-refractivity contribution in [3.8, 4) is 22.8 Å². The SMILES string of the molecule is CC(=C(C(=O)O)c1c(C)ncnc1Oc1cccc(-c2ccccc2)c1)N(C)C. The molecule has 0 atom stereocenters. The highest BCUT2D eigenvalue weighted by Crippen LogP contribution is 2.33. The molecule has 0 amide bonds. The summed E-state index contributed by atoms with van der Waals surface area (Å²) in [5.41, 5.74) is 3.66. The zero-order valence-corrected chi connectivity index (χ0v) is 16.9. The summed E-state index contributed by atoms with van der Waals surface area (Å²) in [7, 11) is 3.59. The van der Waals surface area contributed by atoms with E-state index in [0.29, 0.717) is 22.7 Å². The summed E-state index contributed by atoms with van der Waals surface area (Å²) in [4.78, 5) is 22.2. The summed E-state index contributed by atoms with van der Waals surface area (Å²) < 4.78 is 6.05. The Labute approximate surface area is 170 Å². The fraction of sp³-hybridized carbons (Fsp3) is 0.174. The predicted octanol–water partition coefficient (Wildman–Crippen LogP) is 4.62. The molecule has 0 radical (unpaired) electrons. The van der Waals surface area contributed by atoms with Gasteiger partial charge in [-0.15, -0.1) is 0 Å². The summed E-state index contributed by atoms with van der Waals surface area (Å²) in [5.74, 6) is -0.281. The maximum absolute atomic E-state index is 12.0. The second-order valence-electron chi connectivity index (χ2n) is 6.80. The zero-order chi connectivity index (χ0) is 21.0. The average Bonchev–Trinajstić information content (AvgIpc) is 2.70. The van der Waals surface area contributed by atoms with Gasteiger partial charge in [-0.1, -0.05) is 42.5 Å². The Balaban J connectivity index is 2.07. The van der Waals surface area contributed by atoms with Crippen molar-refractivity contribution in [2.75, 3.05) is 14.1 Å². The lowest BCUT2D eigenvalue weighted by molar-refractivity contribution is -0.130. The summed E-state index contributed by atoms with van der Waals surface area (Å²) >= 11 is 0. The summed E-state index contributed by atoms with van der Waals surface area (Å²) in [6, 6.07) is 17.6. The predicted molar refractivity (Wildman–Crippen MR) is 113 cm³/mol. The molecule has 0 saturated carbocycles. The monoisotopic (exact) mass is 389 g/mol. The van der Waals surface area contributed by atoms with E-state index in [1.54, 1.807) is 32.8 Å². The van der Waals surface area contributed by atoms with Crippen LogP contribution in [0.25, 0.3) is 16.7 Å². The zero-order valence-electron chi connectivity index (χ0n) is 16.9. The number of carbonyl (C=O) groups is 1. The van der Waals surface area contributed by atoms with Crippen LogP contribution in [0.2, 0.25) is 0 Å². The topological polar surface area (TPSA) is 75.5 Å². The van der Waals surface area contributed by atoms with Crippen molar-refractivity contribution in [1.82, 2.24) is 14.9 Å². The molecule has 0 aliphatic heterocycles. The first kappa shape index (κ1) is 20.1. The molecule has 148 valence electrons. The van der Waals surface area contributed by atoms with Crippen molar-refractivity contribution in [3.63, 3.8) is 0 Å². The highest BCUT2D eigenvalue weighted by Gasteiger charge is 2.24. The number of aryl methyl sites for hydroxylation is 1. The van der Waals surface area contributed by atoms with Crippen LogP contribution < -0.4 is 4.74 Å². The molecule has 0 spiro atoms. The van der Waals surface area contributed by atoms with Gasteiger partial charge in [-0.2, -0.15) is 0 Å². The summed E-state index contributed by atoms with van der Waals surface area (Å²) in [5, 5.41) is 9.86. The van der Waals surface area contributed by atoms with Gasteiger partial charge in [0, 0.05) is 19.8 Å². The van der Waals surface area contributed by atoms with E-state index in [1.165, 1.54) is 6.33 Å². The molecule has 0 bridgehead atoms. The third-order valence-corrected chi connectivity index (χ3v) is 4.65. The minimum atomic E-state index is -1.06. The van der Waals surface area contributed by atoms with Crippen LogP contribution in [0.4, 0.5) is 0 Å². The number of ether oxygens (including phenoxy) is 1. The molecular formula is C23H23N3O3. The lowest BCUT2D eigenvalue weighted by Crippen LogP contribution is -2.16. The van der Waals surface area contributed by atoms with E-state index >= 15 is 0 Å². The Morgan fingerprint density at radius 2 is 1.69 bits per heavy atom. The molecule has 1 aromatic heterocycles. The Kier molecular flexibility index (Phi) is 5.93. The first-order chi connectivity index (χ1) is 13.9. The van der Waals surface area contributed by atoms with Crippen LogP contribution in [0, 0.1) is 6.92 Å². The summed E-state index contributed by atoms with van der Waals surface area (Å²) in [6.07, 6.45) is 1.37. The van der Waals surface area contributed by atoms with Crippen LogP contribution in [0.1, 0.15) is 18.2 Å². The number of allylic oxidation sites excluding steroid dienone is 1. The quantitative estimate of drug-likeness (QED) is 0.620. The second kappa shape index (κ2) is 8.56. The Hall–Kier alpha value is -3.67. The number of aliphatic carboxylic acids is 1. The molecule has 6 heteroatoms. The molecule has 2 aromatic carbocycles. The van der Waals surface area contributed by atoms with Crippen molar-refractivity contribution in [3.05, 3.63) is 77.9 Å². The number of hydrogen-bond donors (Lipinski definition) is 1. The molecule has 3 rings (SSSR count). The molecule has 6 nitrogen and oxygen atoms in total. The minimum absolute atomic E-state index is 0.113. The third-order valence-electron chi connectivity index (χ3n) is 4.65. The fourth-order valence-electron chi connectivity index (χ4n) is 2.96. The molecule has 1 N–H and O–H groups in total. The normalized spacial score (nSPS) is 11.6. The van der Waals surface area contributed by atoms with Crippen LogP contribution in [0.3, 0.4) is 0 Å². The molecule has 3 aromatic rings. The van der Waals surface area contributed by atoms with Crippen LogP contribution in [0.15, 0.2) is 66.6 Å². The highest BCUT2D eigenvalue weighted by atomic mass is 16.5. The van der Waals surface area contributed by atoms with Crippen molar-refractivity contribution in [2.24, 2.45) is 0 Å². The lowest BCUT2D eigenvalue weighted by Gasteiger charge is -2.19. The van der Waals surface area contributed by atoms with E-state index in [-0.39, 0.29) is 11.5 Å². The maximum Gasteiger partial charge on any atom is 0.338 e. The van der Waals surface area contributed by atoms with Gasteiger partial charge >= 0.3 is 5.97 Å². The Bertz CT molecular complexity index is 1060. The van der Waals surface area contributed by atoms with Crippen molar-refractivity contribution in [1.29, 1.82) is 0 Å². The van der Waals surface area contributed by atoms with Gasteiger partial charge in [0.15, 0.2) is 0 Å². The molecular weight excluding hydrogens is 366 g/mol. The first-order valence-corrected chi connectivity index (χ1v) is 9.15. The van der Waals surface area contributed by atoms with E-state index in [1.807, 2.05) is 54.6 Å². The molecule has 0 aliphatic carbocycles.